The number of nitrogens with zero attached hydrogens (tertiary/aromatic N) is 2. The number of piperazine rings is 1. The molecule has 144 valence electrons. The molecule has 1 aromatic carbocycles. The fourth-order valence-corrected chi connectivity index (χ4v) is 4.02. The van der Waals surface area contributed by atoms with Gasteiger partial charge >= 0.3 is 0 Å². The summed E-state index contributed by atoms with van der Waals surface area (Å²) in [4.78, 5) is 40.1. The molecule has 27 heavy (non-hydrogen) atoms. The van der Waals surface area contributed by atoms with Gasteiger partial charge in [0.2, 0.25) is 5.91 Å². The molecule has 0 atom stereocenters. The van der Waals surface area contributed by atoms with Crippen LogP contribution in [0.15, 0.2) is 29.2 Å². The fourth-order valence-electron chi connectivity index (χ4n) is 3.35. The van der Waals surface area contributed by atoms with Crippen molar-refractivity contribution in [1.29, 1.82) is 0 Å². The van der Waals surface area contributed by atoms with E-state index >= 15 is 0 Å². The number of amides is 3. The van der Waals surface area contributed by atoms with Crippen LogP contribution in [-0.4, -0.2) is 61.2 Å². The third-order valence-corrected chi connectivity index (χ3v) is 5.74. The molecule has 0 spiro atoms. The number of hydrogen-bond donors (Lipinski definition) is 2. The second-order valence-electron chi connectivity index (χ2n) is 6.58. The van der Waals surface area contributed by atoms with Gasteiger partial charge in [0.25, 0.3) is 11.1 Å². The van der Waals surface area contributed by atoms with E-state index in [1.54, 1.807) is 6.08 Å². The van der Waals surface area contributed by atoms with Gasteiger partial charge in [0.1, 0.15) is 0 Å². The van der Waals surface area contributed by atoms with Crippen molar-refractivity contribution < 1.29 is 14.4 Å². The summed E-state index contributed by atoms with van der Waals surface area (Å²) in [6, 6.07) is 7.83. The maximum absolute atomic E-state index is 12.4. The summed E-state index contributed by atoms with van der Waals surface area (Å²) in [5.41, 5.74) is 1.92. The number of para-hydroxylation sites is 1. The summed E-state index contributed by atoms with van der Waals surface area (Å²) in [6.07, 6.45) is 1.76. The first-order valence-corrected chi connectivity index (χ1v) is 9.52. The number of imide groups is 1. The number of carbonyl (C=O) groups excluding carboxylic acids is 3. The molecule has 0 aliphatic carbocycles. The zero-order chi connectivity index (χ0) is 18.1. The Labute approximate surface area is 167 Å². The van der Waals surface area contributed by atoms with E-state index in [9.17, 15) is 14.4 Å². The molecule has 3 heterocycles. The van der Waals surface area contributed by atoms with E-state index in [4.69, 9.17) is 0 Å². The minimum Gasteiger partial charge on any atom is -0.367 e. The lowest BCUT2D eigenvalue weighted by molar-refractivity contribution is -0.137. The molecule has 3 saturated heterocycles. The van der Waals surface area contributed by atoms with Gasteiger partial charge in [-0.1, -0.05) is 18.2 Å². The molecule has 7 nitrogen and oxygen atoms in total. The third-order valence-electron chi connectivity index (χ3n) is 4.93. The van der Waals surface area contributed by atoms with Crippen LogP contribution in [0.3, 0.4) is 0 Å². The van der Waals surface area contributed by atoms with Gasteiger partial charge in [0, 0.05) is 45.0 Å². The minimum atomic E-state index is -0.348. The van der Waals surface area contributed by atoms with Crippen LogP contribution in [0.5, 0.6) is 0 Å². The topological polar surface area (TPSA) is 81.8 Å². The standard InChI is InChI=1S/C18H20N4O3S.ClH/c23-16-15(26-18(25)20-16)9-12-3-1-2-4-14(12)21-5-7-22(8-6-21)17(24)13-10-19-11-13;/h1-4,9,13,19H,5-8,10-11H2,(H,20,23,25);1H. The molecular formula is C18H21ClN4O3S. The van der Waals surface area contributed by atoms with E-state index in [-0.39, 0.29) is 35.4 Å². The van der Waals surface area contributed by atoms with Gasteiger partial charge < -0.3 is 15.1 Å². The van der Waals surface area contributed by atoms with Crippen molar-refractivity contribution in [2.45, 2.75) is 0 Å². The van der Waals surface area contributed by atoms with Crippen molar-refractivity contribution in [3.8, 4) is 0 Å². The second-order valence-corrected chi connectivity index (χ2v) is 7.59. The van der Waals surface area contributed by atoms with E-state index in [0.29, 0.717) is 18.0 Å². The second kappa shape index (κ2) is 8.33. The number of nitrogens with one attached hydrogen (secondary N) is 2. The number of rotatable bonds is 3. The highest BCUT2D eigenvalue weighted by atomic mass is 35.5. The van der Waals surface area contributed by atoms with Crippen molar-refractivity contribution in [3.05, 3.63) is 34.7 Å². The first-order chi connectivity index (χ1) is 12.6. The van der Waals surface area contributed by atoms with Gasteiger partial charge in [-0.3, -0.25) is 19.7 Å². The Morgan fingerprint density at radius 2 is 1.81 bits per heavy atom. The SMILES string of the molecule is Cl.O=C1NC(=O)C(=Cc2ccccc2N2CCN(C(=O)C3CNC3)CC2)S1. The predicted molar refractivity (Wildman–Crippen MR) is 108 cm³/mol. The lowest BCUT2D eigenvalue weighted by Gasteiger charge is -2.39. The largest absolute Gasteiger partial charge is 0.367 e. The number of anilines is 1. The van der Waals surface area contributed by atoms with E-state index in [1.165, 1.54) is 0 Å². The molecule has 3 fully saturated rings. The molecule has 0 unspecified atom stereocenters. The monoisotopic (exact) mass is 408 g/mol. The minimum absolute atomic E-state index is 0. The average Bonchev–Trinajstić information content (AvgIpc) is 2.91. The molecule has 0 aromatic heterocycles. The maximum Gasteiger partial charge on any atom is 0.290 e. The van der Waals surface area contributed by atoms with E-state index < -0.39 is 0 Å². The summed E-state index contributed by atoms with van der Waals surface area (Å²) in [6.45, 7) is 4.48. The predicted octanol–water partition coefficient (Wildman–Crippen LogP) is 1.30. The molecule has 3 amide bonds. The van der Waals surface area contributed by atoms with Crippen molar-refractivity contribution in [2.75, 3.05) is 44.2 Å². The number of thioether (sulfide) groups is 1. The van der Waals surface area contributed by atoms with Crippen LogP contribution in [0.4, 0.5) is 10.5 Å². The zero-order valence-corrected chi connectivity index (χ0v) is 16.3. The van der Waals surface area contributed by atoms with Crippen molar-refractivity contribution in [2.24, 2.45) is 5.92 Å². The van der Waals surface area contributed by atoms with Crippen molar-refractivity contribution in [3.63, 3.8) is 0 Å². The Hall–Kier alpha value is -2.03. The summed E-state index contributed by atoms with van der Waals surface area (Å²) in [5.74, 6) is 0.0321. The highest BCUT2D eigenvalue weighted by Gasteiger charge is 2.31. The summed E-state index contributed by atoms with van der Waals surface area (Å²) >= 11 is 0.924. The Morgan fingerprint density at radius 1 is 1.11 bits per heavy atom. The summed E-state index contributed by atoms with van der Waals surface area (Å²) in [7, 11) is 0. The molecule has 0 bridgehead atoms. The fraction of sp³-hybridized carbons (Fsp3) is 0.389. The smallest absolute Gasteiger partial charge is 0.290 e. The molecule has 3 aliphatic heterocycles. The van der Waals surface area contributed by atoms with Gasteiger partial charge in [-0.15, -0.1) is 12.4 Å². The van der Waals surface area contributed by atoms with Crippen LogP contribution in [0.25, 0.3) is 6.08 Å². The Morgan fingerprint density at radius 3 is 2.41 bits per heavy atom. The molecule has 4 rings (SSSR count). The first-order valence-electron chi connectivity index (χ1n) is 8.70. The third kappa shape index (κ3) is 4.12. The number of benzene rings is 1. The van der Waals surface area contributed by atoms with E-state index in [2.05, 4.69) is 15.5 Å². The summed E-state index contributed by atoms with van der Waals surface area (Å²) in [5, 5.41) is 5.08. The lowest BCUT2D eigenvalue weighted by atomic mass is 10.0. The zero-order valence-electron chi connectivity index (χ0n) is 14.6. The molecule has 1 aromatic rings. The van der Waals surface area contributed by atoms with Crippen LogP contribution < -0.4 is 15.5 Å². The summed E-state index contributed by atoms with van der Waals surface area (Å²) < 4.78 is 0. The molecule has 2 N–H and O–H groups in total. The highest BCUT2D eigenvalue weighted by molar-refractivity contribution is 8.18. The molecule has 9 heteroatoms. The van der Waals surface area contributed by atoms with E-state index in [0.717, 1.165) is 49.2 Å². The van der Waals surface area contributed by atoms with Gasteiger partial charge in [0.15, 0.2) is 0 Å². The van der Waals surface area contributed by atoms with Gasteiger partial charge in [-0.05, 0) is 29.5 Å². The molecule has 3 aliphatic rings. The Bertz CT molecular complexity index is 789. The normalized spacial score (nSPS) is 21.7. The van der Waals surface area contributed by atoms with Crippen molar-refractivity contribution in [1.82, 2.24) is 15.5 Å². The lowest BCUT2D eigenvalue weighted by Crippen LogP contribution is -2.56. The van der Waals surface area contributed by atoms with Crippen LogP contribution in [-0.2, 0) is 9.59 Å². The van der Waals surface area contributed by atoms with Crippen LogP contribution >= 0.6 is 24.2 Å². The average molecular weight is 409 g/mol. The van der Waals surface area contributed by atoms with Crippen molar-refractivity contribution >= 4 is 53.0 Å². The molecule has 0 radical (unpaired) electrons. The van der Waals surface area contributed by atoms with Crippen LogP contribution in [0.1, 0.15) is 5.56 Å². The van der Waals surface area contributed by atoms with Crippen LogP contribution in [0, 0.1) is 5.92 Å². The number of hydrogen-bond acceptors (Lipinski definition) is 6. The first kappa shape index (κ1) is 19.7. The Kier molecular flexibility index (Phi) is 6.08. The highest BCUT2D eigenvalue weighted by Crippen LogP contribution is 2.30. The maximum atomic E-state index is 12.4. The van der Waals surface area contributed by atoms with Crippen LogP contribution in [0.2, 0.25) is 0 Å². The molecule has 0 saturated carbocycles. The number of carbonyl (C=O) groups is 3. The quantitative estimate of drug-likeness (QED) is 0.734. The molecular weight excluding hydrogens is 388 g/mol. The Balaban J connectivity index is 0.00000210. The van der Waals surface area contributed by atoms with E-state index in [1.807, 2.05) is 29.2 Å². The van der Waals surface area contributed by atoms with Gasteiger partial charge in [-0.2, -0.15) is 0 Å². The van der Waals surface area contributed by atoms with Gasteiger partial charge in [-0.25, -0.2) is 0 Å². The number of halogens is 1. The van der Waals surface area contributed by atoms with Gasteiger partial charge in [0.05, 0.1) is 10.8 Å².